The molecular weight excluding hydrogens is 290 g/mol. The first-order chi connectivity index (χ1) is 11.3. The van der Waals surface area contributed by atoms with E-state index in [2.05, 4.69) is 20.2 Å². The van der Waals surface area contributed by atoms with Crippen LogP contribution in [0.15, 0.2) is 42.9 Å². The van der Waals surface area contributed by atoms with Crippen molar-refractivity contribution >= 4 is 16.8 Å². The average molecular weight is 307 g/mol. The summed E-state index contributed by atoms with van der Waals surface area (Å²) in [6.07, 6.45) is 7.17. The van der Waals surface area contributed by atoms with Gasteiger partial charge in [-0.05, 0) is 18.9 Å². The number of fused-ring (bicyclic) bond motifs is 1. The van der Waals surface area contributed by atoms with Gasteiger partial charge in [0.2, 0.25) is 0 Å². The fourth-order valence-corrected chi connectivity index (χ4v) is 3.20. The van der Waals surface area contributed by atoms with Crippen molar-refractivity contribution in [2.45, 2.75) is 18.8 Å². The minimum absolute atomic E-state index is 0.0176. The molecule has 6 nitrogen and oxygen atoms in total. The first kappa shape index (κ1) is 13.9. The van der Waals surface area contributed by atoms with Gasteiger partial charge in [0.1, 0.15) is 0 Å². The Bertz CT molecular complexity index is 829. The second kappa shape index (κ2) is 5.79. The Kier molecular flexibility index (Phi) is 3.49. The normalized spacial score (nSPS) is 18.3. The number of piperidine rings is 1. The van der Waals surface area contributed by atoms with E-state index in [0.29, 0.717) is 12.2 Å². The van der Waals surface area contributed by atoms with Crippen LogP contribution in [0.1, 0.15) is 34.9 Å². The molecule has 0 bridgehead atoms. The quantitative estimate of drug-likeness (QED) is 0.788. The number of benzene rings is 1. The minimum Gasteiger partial charge on any atom is -0.337 e. The van der Waals surface area contributed by atoms with E-state index in [1.807, 2.05) is 29.2 Å². The summed E-state index contributed by atoms with van der Waals surface area (Å²) in [6.45, 7) is 1.43. The number of amides is 1. The number of aromatic amines is 1. The van der Waals surface area contributed by atoms with Gasteiger partial charge in [-0.25, -0.2) is 0 Å². The van der Waals surface area contributed by atoms with Gasteiger partial charge in [0.25, 0.3) is 5.91 Å². The molecule has 23 heavy (non-hydrogen) atoms. The Balaban J connectivity index is 1.59. The van der Waals surface area contributed by atoms with Gasteiger partial charge >= 0.3 is 0 Å². The van der Waals surface area contributed by atoms with Crippen LogP contribution in [0.4, 0.5) is 0 Å². The lowest BCUT2D eigenvalue weighted by molar-refractivity contribution is 0.0701. The van der Waals surface area contributed by atoms with Crippen LogP contribution in [0.25, 0.3) is 10.9 Å². The SMILES string of the molecule is O=C(c1n[nH]c2ccccc12)N1CCCC(c2cnccn2)C1. The number of para-hydroxylation sites is 1. The monoisotopic (exact) mass is 307 g/mol. The predicted octanol–water partition coefficient (Wildman–Crippen LogP) is 2.37. The molecule has 0 spiro atoms. The molecule has 3 heterocycles. The zero-order valence-electron chi connectivity index (χ0n) is 12.6. The van der Waals surface area contributed by atoms with Crippen molar-refractivity contribution in [3.05, 3.63) is 54.2 Å². The van der Waals surface area contributed by atoms with Crippen molar-refractivity contribution < 1.29 is 4.79 Å². The summed E-state index contributed by atoms with van der Waals surface area (Å²) in [6, 6.07) is 7.71. The van der Waals surface area contributed by atoms with Crippen molar-refractivity contribution in [2.24, 2.45) is 0 Å². The first-order valence-electron chi connectivity index (χ1n) is 7.81. The van der Waals surface area contributed by atoms with Crippen LogP contribution in [-0.4, -0.2) is 44.1 Å². The molecule has 1 amide bonds. The third-order valence-electron chi connectivity index (χ3n) is 4.38. The molecule has 4 rings (SSSR count). The average Bonchev–Trinajstić information content (AvgIpc) is 3.06. The smallest absolute Gasteiger partial charge is 0.275 e. The van der Waals surface area contributed by atoms with Crippen LogP contribution >= 0.6 is 0 Å². The van der Waals surface area contributed by atoms with E-state index < -0.39 is 0 Å². The number of carbonyl (C=O) groups excluding carboxylic acids is 1. The molecule has 0 saturated carbocycles. The maximum Gasteiger partial charge on any atom is 0.275 e. The van der Waals surface area contributed by atoms with Gasteiger partial charge in [0.15, 0.2) is 5.69 Å². The molecular formula is C17H17N5O. The molecule has 6 heteroatoms. The molecule has 1 saturated heterocycles. The van der Waals surface area contributed by atoms with Gasteiger partial charge in [-0.3, -0.25) is 19.9 Å². The summed E-state index contributed by atoms with van der Waals surface area (Å²) in [7, 11) is 0. The van der Waals surface area contributed by atoms with Crippen LogP contribution in [0.2, 0.25) is 0 Å². The minimum atomic E-state index is -0.0176. The van der Waals surface area contributed by atoms with Crippen LogP contribution < -0.4 is 0 Å². The summed E-state index contributed by atoms with van der Waals surface area (Å²) in [5, 5.41) is 8.03. The lowest BCUT2D eigenvalue weighted by Gasteiger charge is -2.32. The Labute approximate surface area is 133 Å². The zero-order chi connectivity index (χ0) is 15.6. The Morgan fingerprint density at radius 1 is 1.26 bits per heavy atom. The summed E-state index contributed by atoms with van der Waals surface area (Å²) >= 11 is 0. The molecule has 1 aliphatic heterocycles. The van der Waals surface area contributed by atoms with Crippen molar-refractivity contribution in [1.82, 2.24) is 25.1 Å². The highest BCUT2D eigenvalue weighted by Crippen LogP contribution is 2.26. The van der Waals surface area contributed by atoms with Gasteiger partial charge in [-0.15, -0.1) is 0 Å². The maximum atomic E-state index is 12.9. The van der Waals surface area contributed by atoms with Gasteiger partial charge in [-0.2, -0.15) is 5.10 Å². The highest BCUT2D eigenvalue weighted by molar-refractivity contribution is 6.04. The van der Waals surface area contributed by atoms with E-state index >= 15 is 0 Å². The summed E-state index contributed by atoms with van der Waals surface area (Å²) in [4.78, 5) is 23.3. The molecule has 1 N–H and O–H groups in total. The second-order valence-electron chi connectivity index (χ2n) is 5.84. The van der Waals surface area contributed by atoms with E-state index in [1.54, 1.807) is 18.6 Å². The Hall–Kier alpha value is -2.76. The fourth-order valence-electron chi connectivity index (χ4n) is 3.20. The lowest BCUT2D eigenvalue weighted by Crippen LogP contribution is -2.39. The number of likely N-dealkylation sites (tertiary alicyclic amines) is 1. The third-order valence-corrected chi connectivity index (χ3v) is 4.38. The van der Waals surface area contributed by atoms with Crippen molar-refractivity contribution in [3.63, 3.8) is 0 Å². The first-order valence-corrected chi connectivity index (χ1v) is 7.81. The van der Waals surface area contributed by atoms with Crippen LogP contribution in [0, 0.1) is 0 Å². The topological polar surface area (TPSA) is 74.8 Å². The second-order valence-corrected chi connectivity index (χ2v) is 5.84. The number of H-pyrrole nitrogens is 1. The summed E-state index contributed by atoms with van der Waals surface area (Å²) in [5.41, 5.74) is 2.34. The molecule has 1 aliphatic rings. The largest absolute Gasteiger partial charge is 0.337 e. The van der Waals surface area contributed by atoms with Gasteiger partial charge < -0.3 is 4.90 Å². The molecule has 2 aromatic heterocycles. The Morgan fingerprint density at radius 2 is 2.17 bits per heavy atom. The van der Waals surface area contributed by atoms with E-state index in [-0.39, 0.29) is 11.8 Å². The van der Waals surface area contributed by atoms with Gasteiger partial charge in [0.05, 0.1) is 11.2 Å². The van der Waals surface area contributed by atoms with Crippen molar-refractivity contribution in [2.75, 3.05) is 13.1 Å². The third kappa shape index (κ3) is 2.56. The number of nitrogens with zero attached hydrogens (tertiary/aromatic N) is 4. The molecule has 1 atom stereocenters. The number of aromatic nitrogens is 4. The maximum absolute atomic E-state index is 12.9. The van der Waals surface area contributed by atoms with Gasteiger partial charge in [-0.1, -0.05) is 18.2 Å². The summed E-state index contributed by atoms with van der Waals surface area (Å²) < 4.78 is 0. The molecule has 0 radical (unpaired) electrons. The molecule has 1 aromatic carbocycles. The Morgan fingerprint density at radius 3 is 3.04 bits per heavy atom. The molecule has 1 unspecified atom stereocenters. The molecule has 1 fully saturated rings. The van der Waals surface area contributed by atoms with Crippen LogP contribution in [0.5, 0.6) is 0 Å². The lowest BCUT2D eigenvalue weighted by atomic mass is 9.94. The highest BCUT2D eigenvalue weighted by Gasteiger charge is 2.28. The highest BCUT2D eigenvalue weighted by atomic mass is 16.2. The summed E-state index contributed by atoms with van der Waals surface area (Å²) in [5.74, 6) is 0.225. The number of carbonyl (C=O) groups is 1. The van der Waals surface area contributed by atoms with Crippen molar-refractivity contribution in [1.29, 1.82) is 0 Å². The number of hydrogen-bond acceptors (Lipinski definition) is 4. The van der Waals surface area contributed by atoms with E-state index in [1.165, 1.54) is 0 Å². The molecule has 116 valence electrons. The van der Waals surface area contributed by atoms with Crippen LogP contribution in [0.3, 0.4) is 0 Å². The van der Waals surface area contributed by atoms with Crippen LogP contribution in [-0.2, 0) is 0 Å². The zero-order valence-corrected chi connectivity index (χ0v) is 12.6. The number of hydrogen-bond donors (Lipinski definition) is 1. The fraction of sp³-hybridized carbons (Fsp3) is 0.294. The van der Waals surface area contributed by atoms with E-state index in [4.69, 9.17) is 0 Å². The standard InChI is InChI=1S/C17H17N5O/c23-17(16-13-5-1-2-6-14(13)20-21-16)22-9-3-4-12(11-22)15-10-18-7-8-19-15/h1-2,5-8,10,12H,3-4,9,11H2,(H,20,21). The predicted molar refractivity (Wildman–Crippen MR) is 86.0 cm³/mol. The molecule has 3 aromatic rings. The van der Waals surface area contributed by atoms with Crippen molar-refractivity contribution in [3.8, 4) is 0 Å². The van der Waals surface area contributed by atoms with E-state index in [9.17, 15) is 4.79 Å². The van der Waals surface area contributed by atoms with E-state index in [0.717, 1.165) is 36.0 Å². The number of nitrogens with one attached hydrogen (secondary N) is 1. The number of rotatable bonds is 2. The van der Waals surface area contributed by atoms with Gasteiger partial charge in [0, 0.05) is 43.0 Å². The molecule has 0 aliphatic carbocycles.